The highest BCUT2D eigenvalue weighted by atomic mass is 32.1. The molecule has 0 atom stereocenters. The van der Waals surface area contributed by atoms with Crippen molar-refractivity contribution in [2.45, 2.75) is 46.1 Å². The maximum atomic E-state index is 12.8. The molecule has 2 aromatic heterocycles. The zero-order valence-corrected chi connectivity index (χ0v) is 17.7. The molecule has 6 nitrogen and oxygen atoms in total. The van der Waals surface area contributed by atoms with Gasteiger partial charge in [0.2, 0.25) is 0 Å². The van der Waals surface area contributed by atoms with Crippen molar-refractivity contribution in [3.05, 3.63) is 57.5 Å². The van der Waals surface area contributed by atoms with Gasteiger partial charge < -0.3 is 9.47 Å². The predicted octanol–water partition coefficient (Wildman–Crippen LogP) is 4.58. The fourth-order valence-corrected chi connectivity index (χ4v) is 4.13. The summed E-state index contributed by atoms with van der Waals surface area (Å²) in [7, 11) is 0. The van der Waals surface area contributed by atoms with Crippen molar-refractivity contribution in [3.8, 4) is 5.75 Å². The Kier molecular flexibility index (Phi) is 7.41. The molecule has 0 aliphatic rings. The highest BCUT2D eigenvalue weighted by Gasteiger charge is 2.20. The Labute approximate surface area is 174 Å². The Hall–Kier alpha value is -2.67. The van der Waals surface area contributed by atoms with Gasteiger partial charge in [-0.2, -0.15) is 0 Å². The van der Waals surface area contributed by atoms with Crippen LogP contribution in [0.1, 0.15) is 47.8 Å². The summed E-state index contributed by atoms with van der Waals surface area (Å²) in [6, 6.07) is 9.36. The third-order valence-electron chi connectivity index (χ3n) is 4.68. The van der Waals surface area contributed by atoms with Crippen molar-refractivity contribution in [3.63, 3.8) is 0 Å². The first kappa shape index (κ1) is 21.0. The number of hydrogen-bond acceptors (Lipinski definition) is 6. The van der Waals surface area contributed by atoms with Crippen LogP contribution in [0.5, 0.6) is 5.75 Å². The average molecular weight is 415 g/mol. The van der Waals surface area contributed by atoms with Crippen LogP contribution in [0.15, 0.2) is 41.5 Å². The molecule has 0 saturated carbocycles. The molecule has 0 spiro atoms. The molecule has 29 heavy (non-hydrogen) atoms. The predicted molar refractivity (Wildman–Crippen MR) is 115 cm³/mol. The zero-order valence-electron chi connectivity index (χ0n) is 16.8. The van der Waals surface area contributed by atoms with E-state index < -0.39 is 5.97 Å². The van der Waals surface area contributed by atoms with Gasteiger partial charge in [0, 0.05) is 6.54 Å². The fraction of sp³-hybridized carbons (Fsp3) is 0.409. The monoisotopic (exact) mass is 414 g/mol. The summed E-state index contributed by atoms with van der Waals surface area (Å²) in [5.74, 6) is 0.279. The lowest BCUT2D eigenvalue weighted by Crippen LogP contribution is -2.20. The molecule has 0 saturated heterocycles. The summed E-state index contributed by atoms with van der Waals surface area (Å²) in [6.07, 6.45) is 5.92. The quantitative estimate of drug-likeness (QED) is 0.359. The zero-order chi connectivity index (χ0) is 20.6. The number of fused-ring (bicyclic) bond motifs is 1. The summed E-state index contributed by atoms with van der Waals surface area (Å²) < 4.78 is 12.5. The number of aromatic nitrogens is 2. The highest BCUT2D eigenvalue weighted by molar-refractivity contribution is 7.20. The summed E-state index contributed by atoms with van der Waals surface area (Å²) in [5, 5.41) is 0.514. The number of carbonyl (C=O) groups is 1. The van der Waals surface area contributed by atoms with E-state index in [4.69, 9.17) is 9.47 Å². The molecule has 3 rings (SSSR count). The van der Waals surface area contributed by atoms with Crippen LogP contribution in [0.3, 0.4) is 0 Å². The molecule has 0 bridgehead atoms. The number of nitrogens with zero attached hydrogens (tertiary/aromatic N) is 2. The topological polar surface area (TPSA) is 70.4 Å². The van der Waals surface area contributed by atoms with E-state index in [9.17, 15) is 9.59 Å². The van der Waals surface area contributed by atoms with Crippen LogP contribution in [0.25, 0.3) is 10.2 Å². The minimum Gasteiger partial charge on any atom is -0.490 e. The van der Waals surface area contributed by atoms with E-state index in [0.717, 1.165) is 31.4 Å². The summed E-state index contributed by atoms with van der Waals surface area (Å²) >= 11 is 1.20. The standard InChI is InChI=1S/C22H26N2O4S/c1-3-4-5-9-12-24-15-23-20-18(21(24)25)16(2)19(29-20)22(26)28-14-13-27-17-10-7-6-8-11-17/h6-8,10-11,15H,3-5,9,12-14H2,1-2H3. The van der Waals surface area contributed by atoms with Gasteiger partial charge in [0.15, 0.2) is 0 Å². The number of hydrogen-bond donors (Lipinski definition) is 0. The van der Waals surface area contributed by atoms with Gasteiger partial charge in [0.05, 0.1) is 11.7 Å². The van der Waals surface area contributed by atoms with Gasteiger partial charge in [0.1, 0.15) is 28.7 Å². The molecule has 0 aliphatic carbocycles. The van der Waals surface area contributed by atoms with E-state index in [-0.39, 0.29) is 18.8 Å². The first-order valence-electron chi connectivity index (χ1n) is 9.95. The number of rotatable bonds is 10. The first-order valence-corrected chi connectivity index (χ1v) is 10.8. The Balaban J connectivity index is 1.64. The second-order valence-corrected chi connectivity index (χ2v) is 7.84. The molecule has 0 fully saturated rings. The smallest absolute Gasteiger partial charge is 0.348 e. The van der Waals surface area contributed by atoms with Gasteiger partial charge in [-0.05, 0) is 31.0 Å². The number of benzene rings is 1. The van der Waals surface area contributed by atoms with Crippen molar-refractivity contribution in [2.75, 3.05) is 13.2 Å². The molecule has 154 valence electrons. The Morgan fingerprint density at radius 2 is 1.93 bits per heavy atom. The van der Waals surface area contributed by atoms with E-state index >= 15 is 0 Å². The number of esters is 1. The first-order chi connectivity index (χ1) is 14.1. The number of unbranched alkanes of at least 4 members (excludes halogenated alkanes) is 3. The van der Waals surface area contributed by atoms with Crippen LogP contribution in [-0.4, -0.2) is 28.7 Å². The molecular formula is C22H26N2O4S. The van der Waals surface area contributed by atoms with E-state index in [0.29, 0.717) is 27.2 Å². The molecule has 1 aromatic carbocycles. The molecule has 0 unspecified atom stereocenters. The lowest BCUT2D eigenvalue weighted by atomic mass is 10.2. The molecule has 0 radical (unpaired) electrons. The second-order valence-electron chi connectivity index (χ2n) is 6.84. The maximum Gasteiger partial charge on any atom is 0.348 e. The van der Waals surface area contributed by atoms with E-state index in [2.05, 4.69) is 11.9 Å². The van der Waals surface area contributed by atoms with Gasteiger partial charge in [-0.3, -0.25) is 9.36 Å². The van der Waals surface area contributed by atoms with E-state index in [1.165, 1.54) is 11.3 Å². The number of aryl methyl sites for hydroxylation is 2. The van der Waals surface area contributed by atoms with Gasteiger partial charge >= 0.3 is 5.97 Å². The number of thiophene rings is 1. The highest BCUT2D eigenvalue weighted by Crippen LogP contribution is 2.27. The van der Waals surface area contributed by atoms with Gasteiger partial charge in [-0.25, -0.2) is 9.78 Å². The average Bonchev–Trinajstić information content (AvgIpc) is 3.08. The van der Waals surface area contributed by atoms with Crippen LogP contribution in [0.2, 0.25) is 0 Å². The fourth-order valence-electron chi connectivity index (χ4n) is 3.10. The van der Waals surface area contributed by atoms with E-state index in [1.54, 1.807) is 17.8 Å². The Bertz CT molecular complexity index is 1010. The SMILES string of the molecule is CCCCCCn1cnc2sc(C(=O)OCCOc3ccccc3)c(C)c2c1=O. The van der Waals surface area contributed by atoms with Gasteiger partial charge in [-0.1, -0.05) is 44.4 Å². The van der Waals surface area contributed by atoms with E-state index in [1.807, 2.05) is 30.3 Å². The molecule has 7 heteroatoms. The van der Waals surface area contributed by atoms with Crippen LogP contribution in [0.4, 0.5) is 0 Å². The maximum absolute atomic E-state index is 12.8. The molecule has 0 amide bonds. The largest absolute Gasteiger partial charge is 0.490 e. The summed E-state index contributed by atoms with van der Waals surface area (Å²) in [6.45, 7) is 4.98. The van der Waals surface area contributed by atoms with Gasteiger partial charge in [-0.15, -0.1) is 11.3 Å². The summed E-state index contributed by atoms with van der Waals surface area (Å²) in [4.78, 5) is 30.7. The Morgan fingerprint density at radius 3 is 2.69 bits per heavy atom. The third kappa shape index (κ3) is 5.23. The summed E-state index contributed by atoms with van der Waals surface area (Å²) in [5.41, 5.74) is 0.547. The van der Waals surface area contributed by atoms with Crippen molar-refractivity contribution in [1.82, 2.24) is 9.55 Å². The molecule has 3 aromatic rings. The third-order valence-corrected chi connectivity index (χ3v) is 5.86. The number of ether oxygens (including phenoxy) is 2. The minimum atomic E-state index is -0.448. The normalized spacial score (nSPS) is 11.0. The van der Waals surface area contributed by atoms with Crippen LogP contribution in [0, 0.1) is 6.92 Å². The van der Waals surface area contributed by atoms with Crippen molar-refractivity contribution in [1.29, 1.82) is 0 Å². The molecule has 0 aliphatic heterocycles. The van der Waals surface area contributed by atoms with Crippen LogP contribution < -0.4 is 10.3 Å². The molecule has 2 heterocycles. The van der Waals surface area contributed by atoms with Crippen molar-refractivity contribution >= 4 is 27.5 Å². The molecular weight excluding hydrogens is 388 g/mol. The molecule has 0 N–H and O–H groups in total. The second kappa shape index (κ2) is 10.2. The lowest BCUT2D eigenvalue weighted by Gasteiger charge is -2.07. The number of carbonyl (C=O) groups excluding carboxylic acids is 1. The van der Waals surface area contributed by atoms with Gasteiger partial charge in [0.25, 0.3) is 5.56 Å². The van der Waals surface area contributed by atoms with Crippen molar-refractivity contribution in [2.24, 2.45) is 0 Å². The lowest BCUT2D eigenvalue weighted by molar-refractivity contribution is 0.0455. The van der Waals surface area contributed by atoms with Crippen LogP contribution >= 0.6 is 11.3 Å². The Morgan fingerprint density at radius 1 is 1.14 bits per heavy atom. The number of para-hydroxylation sites is 1. The minimum absolute atomic E-state index is 0.0910. The van der Waals surface area contributed by atoms with Crippen LogP contribution in [-0.2, 0) is 11.3 Å². The van der Waals surface area contributed by atoms with Crippen molar-refractivity contribution < 1.29 is 14.3 Å².